The van der Waals surface area contributed by atoms with Crippen LogP contribution in [-0.2, 0) is 0 Å². The standard InChI is InChI=1S/C13H26FN/c1-12(2,3)6-5-9-15-10-7-13(4,14)8-11-15/h5-11H2,1-4H3. The Morgan fingerprint density at radius 3 is 2.20 bits per heavy atom. The van der Waals surface area contributed by atoms with Crippen molar-refractivity contribution >= 4 is 0 Å². The molecule has 1 heterocycles. The van der Waals surface area contributed by atoms with E-state index in [4.69, 9.17) is 0 Å². The Bertz CT molecular complexity index is 183. The van der Waals surface area contributed by atoms with Crippen LogP contribution in [0.1, 0.15) is 53.4 Å². The maximum Gasteiger partial charge on any atom is 0.110 e. The van der Waals surface area contributed by atoms with E-state index in [1.54, 1.807) is 6.92 Å². The van der Waals surface area contributed by atoms with Gasteiger partial charge >= 0.3 is 0 Å². The third-order valence-electron chi connectivity index (χ3n) is 3.30. The Morgan fingerprint density at radius 2 is 1.73 bits per heavy atom. The lowest BCUT2D eigenvalue weighted by atomic mass is 9.90. The van der Waals surface area contributed by atoms with Crippen molar-refractivity contribution in [3.63, 3.8) is 0 Å². The summed E-state index contributed by atoms with van der Waals surface area (Å²) in [6.45, 7) is 11.6. The van der Waals surface area contributed by atoms with Gasteiger partial charge in [0.05, 0.1) is 0 Å². The quantitative estimate of drug-likeness (QED) is 0.695. The van der Waals surface area contributed by atoms with Crippen molar-refractivity contribution in [1.29, 1.82) is 0 Å². The third kappa shape index (κ3) is 5.50. The van der Waals surface area contributed by atoms with Gasteiger partial charge in [0.25, 0.3) is 0 Å². The van der Waals surface area contributed by atoms with Crippen molar-refractivity contribution in [2.75, 3.05) is 19.6 Å². The average molecular weight is 215 g/mol. The van der Waals surface area contributed by atoms with Gasteiger partial charge < -0.3 is 4.90 Å². The highest BCUT2D eigenvalue weighted by Crippen LogP contribution is 2.26. The number of nitrogens with zero attached hydrogens (tertiary/aromatic N) is 1. The van der Waals surface area contributed by atoms with Crippen LogP contribution in [0.15, 0.2) is 0 Å². The van der Waals surface area contributed by atoms with Crippen molar-refractivity contribution in [2.24, 2.45) is 5.41 Å². The SMILES string of the molecule is CC(C)(C)CCCN1CCC(C)(F)CC1. The number of piperidine rings is 1. The van der Waals surface area contributed by atoms with E-state index < -0.39 is 5.67 Å². The lowest BCUT2D eigenvalue weighted by molar-refractivity contribution is 0.0719. The van der Waals surface area contributed by atoms with E-state index in [-0.39, 0.29) is 0 Å². The maximum absolute atomic E-state index is 13.5. The molecule has 2 heteroatoms. The Hall–Kier alpha value is -0.110. The lowest BCUT2D eigenvalue weighted by Gasteiger charge is -2.34. The molecule has 0 aliphatic carbocycles. The Labute approximate surface area is 94.0 Å². The molecule has 1 saturated heterocycles. The second kappa shape index (κ2) is 4.82. The summed E-state index contributed by atoms with van der Waals surface area (Å²) >= 11 is 0. The molecule has 0 amide bonds. The zero-order valence-electron chi connectivity index (χ0n) is 10.8. The van der Waals surface area contributed by atoms with E-state index in [0.717, 1.165) is 19.6 Å². The highest BCUT2D eigenvalue weighted by atomic mass is 19.1. The van der Waals surface area contributed by atoms with Gasteiger partial charge in [-0.25, -0.2) is 4.39 Å². The first-order valence-electron chi connectivity index (χ1n) is 6.20. The molecule has 0 saturated carbocycles. The second-order valence-electron chi connectivity index (χ2n) is 6.42. The number of alkyl halides is 1. The molecule has 0 aromatic rings. The predicted molar refractivity (Wildman–Crippen MR) is 63.9 cm³/mol. The first-order chi connectivity index (χ1) is 6.79. The largest absolute Gasteiger partial charge is 0.303 e. The molecule has 15 heavy (non-hydrogen) atoms. The maximum atomic E-state index is 13.5. The zero-order chi connectivity index (χ0) is 11.5. The van der Waals surface area contributed by atoms with Gasteiger partial charge in [0.15, 0.2) is 0 Å². The molecule has 1 aliphatic heterocycles. The van der Waals surface area contributed by atoms with E-state index in [0.29, 0.717) is 18.3 Å². The van der Waals surface area contributed by atoms with Crippen molar-refractivity contribution in [2.45, 2.75) is 59.0 Å². The monoisotopic (exact) mass is 215 g/mol. The Balaban J connectivity index is 2.14. The second-order valence-corrected chi connectivity index (χ2v) is 6.42. The topological polar surface area (TPSA) is 3.24 Å². The molecule has 1 aliphatic rings. The minimum absolute atomic E-state index is 0.435. The summed E-state index contributed by atoms with van der Waals surface area (Å²) in [4.78, 5) is 2.41. The Kier molecular flexibility index (Phi) is 4.16. The van der Waals surface area contributed by atoms with Gasteiger partial charge in [0.2, 0.25) is 0 Å². The molecule has 0 unspecified atom stereocenters. The molecular formula is C13H26FN. The fraction of sp³-hybridized carbons (Fsp3) is 1.00. The normalized spacial score (nSPS) is 23.0. The molecule has 0 aromatic carbocycles. The van der Waals surface area contributed by atoms with E-state index in [1.165, 1.54) is 12.8 Å². The molecule has 0 N–H and O–H groups in total. The van der Waals surface area contributed by atoms with Gasteiger partial charge in [0, 0.05) is 13.1 Å². The summed E-state index contributed by atoms with van der Waals surface area (Å²) < 4.78 is 13.5. The van der Waals surface area contributed by atoms with E-state index in [9.17, 15) is 4.39 Å². The van der Waals surface area contributed by atoms with Crippen molar-refractivity contribution in [1.82, 2.24) is 4.90 Å². The number of hydrogen-bond acceptors (Lipinski definition) is 1. The lowest BCUT2D eigenvalue weighted by Crippen LogP contribution is -2.40. The van der Waals surface area contributed by atoms with Crippen LogP contribution in [0.5, 0.6) is 0 Å². The van der Waals surface area contributed by atoms with Crippen molar-refractivity contribution < 1.29 is 4.39 Å². The molecule has 1 fully saturated rings. The summed E-state index contributed by atoms with van der Waals surface area (Å²) in [5.41, 5.74) is -0.467. The average Bonchev–Trinajstić information content (AvgIpc) is 2.06. The molecule has 0 radical (unpaired) electrons. The van der Waals surface area contributed by atoms with E-state index in [1.807, 2.05) is 0 Å². The van der Waals surface area contributed by atoms with Crippen LogP contribution >= 0.6 is 0 Å². The van der Waals surface area contributed by atoms with Crippen LogP contribution in [0.4, 0.5) is 4.39 Å². The van der Waals surface area contributed by atoms with Crippen LogP contribution in [0.2, 0.25) is 0 Å². The molecule has 90 valence electrons. The van der Waals surface area contributed by atoms with E-state index >= 15 is 0 Å². The summed E-state index contributed by atoms with van der Waals surface area (Å²) in [7, 11) is 0. The molecule has 0 atom stereocenters. The molecular weight excluding hydrogens is 189 g/mol. The minimum atomic E-state index is -0.902. The highest BCUT2D eigenvalue weighted by molar-refractivity contribution is 4.82. The number of likely N-dealkylation sites (tertiary alicyclic amines) is 1. The fourth-order valence-corrected chi connectivity index (χ4v) is 2.08. The molecule has 0 spiro atoms. The molecule has 1 nitrogen and oxygen atoms in total. The number of rotatable bonds is 3. The van der Waals surface area contributed by atoms with Crippen LogP contribution in [0, 0.1) is 5.41 Å². The first kappa shape index (κ1) is 13.0. The summed E-state index contributed by atoms with van der Waals surface area (Å²) in [5, 5.41) is 0. The fourth-order valence-electron chi connectivity index (χ4n) is 2.08. The first-order valence-corrected chi connectivity index (χ1v) is 6.20. The zero-order valence-corrected chi connectivity index (χ0v) is 10.8. The van der Waals surface area contributed by atoms with Gasteiger partial charge in [-0.2, -0.15) is 0 Å². The van der Waals surface area contributed by atoms with Gasteiger partial charge in [-0.3, -0.25) is 0 Å². The molecule has 0 aromatic heterocycles. The van der Waals surface area contributed by atoms with Crippen LogP contribution in [-0.4, -0.2) is 30.2 Å². The molecule has 1 rings (SSSR count). The predicted octanol–water partition coefficient (Wildman–Crippen LogP) is 3.64. The van der Waals surface area contributed by atoms with Crippen LogP contribution < -0.4 is 0 Å². The minimum Gasteiger partial charge on any atom is -0.303 e. The summed E-state index contributed by atoms with van der Waals surface area (Å²) in [6, 6.07) is 0. The summed E-state index contributed by atoms with van der Waals surface area (Å²) in [5.74, 6) is 0. The van der Waals surface area contributed by atoms with Gasteiger partial charge in [0.1, 0.15) is 5.67 Å². The van der Waals surface area contributed by atoms with Gasteiger partial charge in [-0.05, 0) is 44.6 Å². The summed E-state index contributed by atoms with van der Waals surface area (Å²) in [6.07, 6.45) is 3.92. The third-order valence-corrected chi connectivity index (χ3v) is 3.30. The van der Waals surface area contributed by atoms with Gasteiger partial charge in [-0.1, -0.05) is 20.8 Å². The van der Waals surface area contributed by atoms with Crippen LogP contribution in [0.3, 0.4) is 0 Å². The van der Waals surface area contributed by atoms with Crippen molar-refractivity contribution in [3.05, 3.63) is 0 Å². The smallest absolute Gasteiger partial charge is 0.110 e. The van der Waals surface area contributed by atoms with Crippen LogP contribution in [0.25, 0.3) is 0 Å². The number of hydrogen-bond donors (Lipinski definition) is 0. The van der Waals surface area contributed by atoms with E-state index in [2.05, 4.69) is 25.7 Å². The number of halogens is 1. The highest BCUT2D eigenvalue weighted by Gasteiger charge is 2.29. The Morgan fingerprint density at radius 1 is 1.20 bits per heavy atom. The molecule has 0 bridgehead atoms. The van der Waals surface area contributed by atoms with Crippen molar-refractivity contribution in [3.8, 4) is 0 Å². The van der Waals surface area contributed by atoms with Gasteiger partial charge in [-0.15, -0.1) is 0 Å².